The van der Waals surface area contributed by atoms with E-state index in [1.807, 2.05) is 29.2 Å². The van der Waals surface area contributed by atoms with Gasteiger partial charge in [0.1, 0.15) is 0 Å². The Labute approximate surface area is 164 Å². The van der Waals surface area contributed by atoms with E-state index >= 15 is 0 Å². The minimum absolute atomic E-state index is 0.0341. The van der Waals surface area contributed by atoms with Gasteiger partial charge in [0, 0.05) is 37.6 Å². The summed E-state index contributed by atoms with van der Waals surface area (Å²) in [7, 11) is 0. The number of benzene rings is 2. The molecule has 0 aliphatic carbocycles. The van der Waals surface area contributed by atoms with Crippen LogP contribution in [0.5, 0.6) is 0 Å². The van der Waals surface area contributed by atoms with Gasteiger partial charge in [0.25, 0.3) is 0 Å². The number of hydrogen-bond donors (Lipinski definition) is 0. The molecule has 1 saturated heterocycles. The van der Waals surface area contributed by atoms with E-state index < -0.39 is 0 Å². The topological polar surface area (TPSA) is 47.3 Å². The first-order valence-electron chi connectivity index (χ1n) is 9.39. The van der Waals surface area contributed by atoms with E-state index in [1.165, 1.54) is 21.6 Å². The van der Waals surface area contributed by atoms with E-state index in [0.29, 0.717) is 5.56 Å². The lowest BCUT2D eigenvalue weighted by Crippen LogP contribution is -2.50. The van der Waals surface area contributed by atoms with Crippen molar-refractivity contribution in [2.24, 2.45) is 0 Å². The first-order valence-corrected chi connectivity index (χ1v) is 10.3. The van der Waals surface area contributed by atoms with Crippen LogP contribution in [0.4, 0.5) is 0 Å². The van der Waals surface area contributed by atoms with Crippen molar-refractivity contribution in [2.45, 2.75) is 30.0 Å². The molecule has 2 aliphatic heterocycles. The molecular weight excluding hydrogens is 354 g/mol. The zero-order chi connectivity index (χ0) is 18.8. The van der Waals surface area contributed by atoms with E-state index in [9.17, 15) is 4.79 Å². The largest absolute Gasteiger partial charge is 0.339 e. The van der Waals surface area contributed by atoms with Crippen molar-refractivity contribution in [3.8, 4) is 6.07 Å². The van der Waals surface area contributed by atoms with Gasteiger partial charge in [-0.25, -0.2) is 0 Å². The molecule has 27 heavy (non-hydrogen) atoms. The fourth-order valence-electron chi connectivity index (χ4n) is 3.75. The lowest BCUT2D eigenvalue weighted by molar-refractivity contribution is -0.132. The summed E-state index contributed by atoms with van der Waals surface area (Å²) in [5.74, 6) is 0.284. The monoisotopic (exact) mass is 377 g/mol. The Morgan fingerprint density at radius 2 is 1.89 bits per heavy atom. The second kappa shape index (κ2) is 7.75. The lowest BCUT2D eigenvalue weighted by atomic mass is 10.1. The van der Waals surface area contributed by atoms with E-state index in [1.54, 1.807) is 11.8 Å². The van der Waals surface area contributed by atoms with Crippen molar-refractivity contribution >= 4 is 17.7 Å². The number of carbonyl (C=O) groups is 1. The average Bonchev–Trinajstić information content (AvgIpc) is 3.12. The van der Waals surface area contributed by atoms with Gasteiger partial charge in [-0.1, -0.05) is 29.8 Å². The van der Waals surface area contributed by atoms with Crippen molar-refractivity contribution < 1.29 is 4.79 Å². The molecule has 4 rings (SSSR count). The lowest BCUT2D eigenvalue weighted by Gasteiger charge is -2.35. The molecule has 0 radical (unpaired) electrons. The van der Waals surface area contributed by atoms with Crippen LogP contribution < -0.4 is 0 Å². The van der Waals surface area contributed by atoms with Gasteiger partial charge in [-0.3, -0.25) is 9.69 Å². The van der Waals surface area contributed by atoms with Crippen molar-refractivity contribution in [1.29, 1.82) is 5.26 Å². The van der Waals surface area contributed by atoms with Gasteiger partial charge in [-0.2, -0.15) is 5.26 Å². The highest BCUT2D eigenvalue weighted by Gasteiger charge is 2.32. The van der Waals surface area contributed by atoms with Gasteiger partial charge >= 0.3 is 0 Å². The molecule has 0 spiro atoms. The maximum absolute atomic E-state index is 12.9. The highest BCUT2D eigenvalue weighted by atomic mass is 32.2. The van der Waals surface area contributed by atoms with E-state index in [2.05, 4.69) is 36.1 Å². The molecule has 2 heterocycles. The number of aryl methyl sites for hydroxylation is 1. The number of nitriles is 1. The summed E-state index contributed by atoms with van der Waals surface area (Å²) in [6.07, 6.45) is 0.852. The summed E-state index contributed by atoms with van der Waals surface area (Å²) in [5, 5.41) is 8.93. The van der Waals surface area contributed by atoms with Crippen molar-refractivity contribution in [3.05, 3.63) is 64.7 Å². The smallest absolute Gasteiger partial charge is 0.236 e. The molecule has 2 aliphatic rings. The highest BCUT2D eigenvalue weighted by Crippen LogP contribution is 2.38. The van der Waals surface area contributed by atoms with Crippen LogP contribution in [0.15, 0.2) is 47.4 Å². The molecular formula is C22H23N3OS. The predicted octanol–water partition coefficient (Wildman–Crippen LogP) is 3.23. The Bertz CT molecular complexity index is 879. The Morgan fingerprint density at radius 3 is 2.59 bits per heavy atom. The Kier molecular flexibility index (Phi) is 5.20. The summed E-state index contributed by atoms with van der Waals surface area (Å²) in [5.41, 5.74) is 4.47. The van der Waals surface area contributed by atoms with Gasteiger partial charge in [-0.05, 0) is 42.7 Å². The number of nitrogens with zero attached hydrogens (tertiary/aromatic N) is 3. The fourth-order valence-corrected chi connectivity index (χ4v) is 5.12. The molecule has 0 unspecified atom stereocenters. The second-order valence-corrected chi connectivity index (χ2v) is 8.58. The molecule has 1 amide bonds. The second-order valence-electron chi connectivity index (χ2n) is 7.33. The Balaban J connectivity index is 1.30. The summed E-state index contributed by atoms with van der Waals surface area (Å²) in [4.78, 5) is 18.6. The number of hydrogen-bond acceptors (Lipinski definition) is 4. The van der Waals surface area contributed by atoms with E-state index in [-0.39, 0.29) is 11.2 Å². The molecule has 1 atom stereocenters. The predicted molar refractivity (Wildman–Crippen MR) is 108 cm³/mol. The van der Waals surface area contributed by atoms with Crippen LogP contribution in [-0.4, -0.2) is 47.1 Å². The third kappa shape index (κ3) is 4.02. The number of rotatable bonds is 3. The van der Waals surface area contributed by atoms with Crippen LogP contribution in [0.1, 0.15) is 22.3 Å². The summed E-state index contributed by atoms with van der Waals surface area (Å²) in [6, 6.07) is 16.4. The molecule has 5 heteroatoms. The standard InChI is InChI=1S/C22H23N3OS/c1-16-2-7-19-13-21(27-20(19)12-16)22(26)25-10-8-24(9-11-25)15-18-5-3-17(14-23)4-6-18/h2-7,12,21H,8-11,13,15H2,1H3/t21-/m1/s1. The van der Waals surface area contributed by atoms with Gasteiger partial charge in [0.2, 0.25) is 5.91 Å². The summed E-state index contributed by atoms with van der Waals surface area (Å²) < 4.78 is 0. The molecule has 0 N–H and O–H groups in total. The number of carbonyl (C=O) groups excluding carboxylic acids is 1. The molecule has 2 aromatic carbocycles. The van der Waals surface area contributed by atoms with Crippen LogP contribution in [0.25, 0.3) is 0 Å². The maximum Gasteiger partial charge on any atom is 0.236 e. The minimum Gasteiger partial charge on any atom is -0.339 e. The SMILES string of the molecule is Cc1ccc2c(c1)S[C@@H](C(=O)N1CCN(Cc3ccc(C#N)cc3)CC1)C2. The van der Waals surface area contributed by atoms with Crippen LogP contribution in [0.2, 0.25) is 0 Å². The summed E-state index contributed by atoms with van der Waals surface area (Å²) in [6.45, 7) is 6.35. The van der Waals surface area contributed by atoms with Crippen LogP contribution in [0.3, 0.4) is 0 Å². The quantitative estimate of drug-likeness (QED) is 0.824. The number of piperazine rings is 1. The van der Waals surface area contributed by atoms with Gasteiger partial charge in [0.15, 0.2) is 0 Å². The molecule has 0 saturated carbocycles. The fraction of sp³-hybridized carbons (Fsp3) is 0.364. The minimum atomic E-state index is 0.0341. The highest BCUT2D eigenvalue weighted by molar-refractivity contribution is 8.01. The first-order chi connectivity index (χ1) is 13.1. The molecule has 1 fully saturated rings. The van der Waals surface area contributed by atoms with E-state index in [0.717, 1.165) is 39.1 Å². The Hall–Kier alpha value is -2.29. The van der Waals surface area contributed by atoms with Crippen molar-refractivity contribution in [3.63, 3.8) is 0 Å². The van der Waals surface area contributed by atoms with Crippen molar-refractivity contribution in [2.75, 3.05) is 26.2 Å². The molecule has 138 valence electrons. The average molecular weight is 378 g/mol. The third-order valence-corrected chi connectivity index (χ3v) is 6.63. The van der Waals surface area contributed by atoms with Crippen molar-refractivity contribution in [1.82, 2.24) is 9.80 Å². The molecule has 0 aromatic heterocycles. The number of amides is 1. The van der Waals surface area contributed by atoms with Gasteiger partial charge in [0.05, 0.1) is 16.9 Å². The van der Waals surface area contributed by atoms with Crippen LogP contribution >= 0.6 is 11.8 Å². The summed E-state index contributed by atoms with van der Waals surface area (Å²) >= 11 is 1.73. The van der Waals surface area contributed by atoms with Gasteiger partial charge in [-0.15, -0.1) is 11.8 Å². The molecule has 0 bridgehead atoms. The molecule has 2 aromatic rings. The zero-order valence-corrected chi connectivity index (χ0v) is 16.3. The first kappa shape index (κ1) is 18.1. The zero-order valence-electron chi connectivity index (χ0n) is 15.5. The number of thioether (sulfide) groups is 1. The normalized spacial score (nSPS) is 19.6. The Morgan fingerprint density at radius 1 is 1.15 bits per heavy atom. The molecule has 4 nitrogen and oxygen atoms in total. The third-order valence-electron chi connectivity index (χ3n) is 5.35. The van der Waals surface area contributed by atoms with Crippen LogP contribution in [-0.2, 0) is 17.8 Å². The van der Waals surface area contributed by atoms with Crippen LogP contribution in [0, 0.1) is 18.3 Å². The number of fused-ring (bicyclic) bond motifs is 1. The van der Waals surface area contributed by atoms with Gasteiger partial charge < -0.3 is 4.90 Å². The maximum atomic E-state index is 12.9. The van der Waals surface area contributed by atoms with E-state index in [4.69, 9.17) is 5.26 Å².